The van der Waals surface area contributed by atoms with Gasteiger partial charge >= 0.3 is 0 Å². The summed E-state index contributed by atoms with van der Waals surface area (Å²) in [6, 6.07) is 19.8. The fourth-order valence-corrected chi connectivity index (χ4v) is 3.04. The summed E-state index contributed by atoms with van der Waals surface area (Å²) in [5.41, 5.74) is 1.98. The van der Waals surface area contributed by atoms with Crippen molar-refractivity contribution in [3.63, 3.8) is 0 Å². The molecule has 1 heterocycles. The molecule has 3 rings (SSSR count). The molecule has 0 saturated heterocycles. The largest absolute Gasteiger partial charge is 0.356 e. The van der Waals surface area contributed by atoms with Gasteiger partial charge in [0, 0.05) is 5.56 Å². The van der Waals surface area contributed by atoms with E-state index in [4.69, 9.17) is 0 Å². The third-order valence-corrected chi connectivity index (χ3v) is 4.28. The first-order valence-electron chi connectivity index (χ1n) is 6.90. The van der Waals surface area contributed by atoms with E-state index in [9.17, 15) is 4.79 Å². The number of Topliss-reactive ketones (excluding diaryl/α,β-unsaturated/α-hetero) is 1. The molecule has 1 N–H and O–H groups in total. The lowest BCUT2D eigenvalue weighted by Crippen LogP contribution is -2.22. The first kappa shape index (κ1) is 13.9. The van der Waals surface area contributed by atoms with Crippen molar-refractivity contribution >= 4 is 22.7 Å². The molecule has 1 unspecified atom stereocenters. The lowest BCUT2D eigenvalue weighted by Gasteiger charge is -2.11. The van der Waals surface area contributed by atoms with Crippen LogP contribution < -0.4 is 5.32 Å². The Labute approximate surface area is 128 Å². The number of ketones is 1. The summed E-state index contributed by atoms with van der Waals surface area (Å²) in [5, 5.41) is 4.23. The number of rotatable bonds is 4. The second-order valence-corrected chi connectivity index (χ2v) is 5.80. The molecule has 2 aromatic carbocycles. The minimum absolute atomic E-state index is 0.133. The molecule has 0 aliphatic carbocycles. The number of amidine groups is 1. The van der Waals surface area contributed by atoms with Gasteiger partial charge in [-0.3, -0.25) is 9.79 Å². The average Bonchev–Trinajstić information content (AvgIpc) is 3.03. The Morgan fingerprint density at radius 1 is 1.10 bits per heavy atom. The Morgan fingerprint density at radius 3 is 2.48 bits per heavy atom. The second-order valence-electron chi connectivity index (χ2n) is 4.83. The highest BCUT2D eigenvalue weighted by molar-refractivity contribution is 8.14. The number of nitrogens with one attached hydrogen (secondary N) is 1. The zero-order valence-electron chi connectivity index (χ0n) is 11.5. The van der Waals surface area contributed by atoms with Gasteiger partial charge in [-0.1, -0.05) is 72.4 Å². The topological polar surface area (TPSA) is 41.5 Å². The van der Waals surface area contributed by atoms with Crippen molar-refractivity contribution in [3.8, 4) is 0 Å². The summed E-state index contributed by atoms with van der Waals surface area (Å²) in [6.45, 7) is 0.728. The predicted octanol–water partition coefficient (Wildman–Crippen LogP) is 3.30. The van der Waals surface area contributed by atoms with Gasteiger partial charge in [-0.2, -0.15) is 0 Å². The van der Waals surface area contributed by atoms with Crippen LogP contribution in [0.2, 0.25) is 0 Å². The van der Waals surface area contributed by atoms with Crippen LogP contribution in [0.5, 0.6) is 0 Å². The van der Waals surface area contributed by atoms with E-state index < -0.39 is 0 Å². The molecule has 0 spiro atoms. The Kier molecular flexibility index (Phi) is 4.36. The molecule has 1 aliphatic rings. The molecule has 1 atom stereocenters. The smallest absolute Gasteiger partial charge is 0.173 e. The van der Waals surface area contributed by atoms with Crippen LogP contribution in [-0.2, 0) is 0 Å². The van der Waals surface area contributed by atoms with Crippen LogP contribution in [0.1, 0.15) is 22.0 Å². The lowest BCUT2D eigenvalue weighted by atomic mass is 10.1. The molecule has 4 heteroatoms. The minimum atomic E-state index is 0.133. The molecular weight excluding hydrogens is 280 g/mol. The normalized spacial score (nSPS) is 17.1. The molecule has 0 bridgehead atoms. The SMILES string of the molecule is O=C(CSC1=NCC(c2ccccc2)N1)c1ccccc1. The molecule has 0 aromatic heterocycles. The molecular formula is C17H16N2OS. The molecule has 21 heavy (non-hydrogen) atoms. The van der Waals surface area contributed by atoms with Crippen molar-refractivity contribution in [3.05, 3.63) is 71.8 Å². The number of carbonyl (C=O) groups excluding carboxylic acids is 1. The van der Waals surface area contributed by atoms with Crippen molar-refractivity contribution in [1.82, 2.24) is 5.32 Å². The van der Waals surface area contributed by atoms with E-state index in [-0.39, 0.29) is 11.8 Å². The summed E-state index contributed by atoms with van der Waals surface area (Å²) in [5.74, 6) is 0.547. The van der Waals surface area contributed by atoms with E-state index in [2.05, 4.69) is 22.4 Å². The maximum Gasteiger partial charge on any atom is 0.173 e. The van der Waals surface area contributed by atoms with Gasteiger partial charge in [0.05, 0.1) is 18.3 Å². The number of aliphatic imine (C=N–C) groups is 1. The summed E-state index contributed by atoms with van der Waals surface area (Å²) >= 11 is 1.47. The monoisotopic (exact) mass is 296 g/mol. The van der Waals surface area contributed by atoms with E-state index in [1.54, 1.807) is 0 Å². The zero-order chi connectivity index (χ0) is 14.5. The van der Waals surface area contributed by atoms with Crippen LogP contribution in [0.25, 0.3) is 0 Å². The van der Waals surface area contributed by atoms with E-state index >= 15 is 0 Å². The average molecular weight is 296 g/mol. The second kappa shape index (κ2) is 6.59. The lowest BCUT2D eigenvalue weighted by molar-refractivity contribution is 0.102. The molecule has 0 radical (unpaired) electrons. The first-order valence-corrected chi connectivity index (χ1v) is 7.88. The number of nitrogens with zero attached hydrogens (tertiary/aromatic N) is 1. The van der Waals surface area contributed by atoms with Crippen LogP contribution in [0, 0.1) is 0 Å². The first-order chi connectivity index (χ1) is 10.3. The Morgan fingerprint density at radius 2 is 1.76 bits per heavy atom. The summed E-state index contributed by atoms with van der Waals surface area (Å²) < 4.78 is 0. The van der Waals surface area contributed by atoms with Gasteiger partial charge in [0.2, 0.25) is 0 Å². The number of benzene rings is 2. The summed E-state index contributed by atoms with van der Waals surface area (Å²) in [4.78, 5) is 16.5. The fourth-order valence-electron chi connectivity index (χ4n) is 2.22. The highest BCUT2D eigenvalue weighted by atomic mass is 32.2. The van der Waals surface area contributed by atoms with Crippen LogP contribution in [0.4, 0.5) is 0 Å². The fraction of sp³-hybridized carbons (Fsp3) is 0.176. The van der Waals surface area contributed by atoms with Gasteiger partial charge in [-0.15, -0.1) is 0 Å². The van der Waals surface area contributed by atoms with Gasteiger partial charge in [-0.25, -0.2) is 0 Å². The maximum absolute atomic E-state index is 12.0. The van der Waals surface area contributed by atoms with Crippen LogP contribution in [0.3, 0.4) is 0 Å². The van der Waals surface area contributed by atoms with Crippen molar-refractivity contribution in [2.45, 2.75) is 6.04 Å². The standard InChI is InChI=1S/C17H16N2OS/c20-16(14-9-5-2-6-10-14)12-21-17-18-11-15(19-17)13-7-3-1-4-8-13/h1-10,15H,11-12H2,(H,18,19). The molecule has 0 amide bonds. The van der Waals surface area contributed by atoms with Crippen molar-refractivity contribution in [1.29, 1.82) is 0 Å². The Balaban J connectivity index is 1.53. The molecule has 1 aliphatic heterocycles. The minimum Gasteiger partial charge on any atom is -0.356 e. The number of carbonyl (C=O) groups is 1. The van der Waals surface area contributed by atoms with E-state index in [0.717, 1.165) is 17.3 Å². The Hall–Kier alpha value is -2.07. The van der Waals surface area contributed by atoms with Gasteiger partial charge in [0.25, 0.3) is 0 Å². The third kappa shape index (κ3) is 3.52. The summed E-state index contributed by atoms with van der Waals surface area (Å²) in [6.07, 6.45) is 0. The third-order valence-electron chi connectivity index (χ3n) is 3.35. The Bertz CT molecular complexity index is 640. The van der Waals surface area contributed by atoms with Crippen LogP contribution >= 0.6 is 11.8 Å². The number of hydrogen-bond donors (Lipinski definition) is 1. The van der Waals surface area contributed by atoms with Gasteiger partial charge in [-0.05, 0) is 5.56 Å². The van der Waals surface area contributed by atoms with Crippen molar-refractivity contribution in [2.24, 2.45) is 4.99 Å². The van der Waals surface area contributed by atoms with Crippen LogP contribution in [0.15, 0.2) is 65.7 Å². The van der Waals surface area contributed by atoms with Crippen molar-refractivity contribution in [2.75, 3.05) is 12.3 Å². The summed E-state index contributed by atoms with van der Waals surface area (Å²) in [7, 11) is 0. The maximum atomic E-state index is 12.0. The van der Waals surface area contributed by atoms with E-state index in [0.29, 0.717) is 5.75 Å². The van der Waals surface area contributed by atoms with Gasteiger partial charge in [0.1, 0.15) is 0 Å². The molecule has 106 valence electrons. The van der Waals surface area contributed by atoms with Gasteiger partial charge in [0.15, 0.2) is 11.0 Å². The quantitative estimate of drug-likeness (QED) is 0.880. The zero-order valence-corrected chi connectivity index (χ0v) is 12.3. The molecule has 0 fully saturated rings. The molecule has 3 nitrogen and oxygen atoms in total. The van der Waals surface area contributed by atoms with Gasteiger partial charge < -0.3 is 5.32 Å². The molecule has 0 saturated carbocycles. The predicted molar refractivity (Wildman–Crippen MR) is 87.9 cm³/mol. The number of thioether (sulfide) groups is 1. The van der Waals surface area contributed by atoms with E-state index in [1.165, 1.54) is 17.3 Å². The van der Waals surface area contributed by atoms with E-state index in [1.807, 2.05) is 48.5 Å². The van der Waals surface area contributed by atoms with Crippen molar-refractivity contribution < 1.29 is 4.79 Å². The number of hydrogen-bond acceptors (Lipinski definition) is 4. The highest BCUT2D eigenvalue weighted by Gasteiger charge is 2.19. The molecule has 2 aromatic rings. The van der Waals surface area contributed by atoms with Crippen LogP contribution in [-0.4, -0.2) is 23.2 Å². The highest BCUT2D eigenvalue weighted by Crippen LogP contribution is 2.20.